The zero-order chi connectivity index (χ0) is 16.0. The molecule has 0 radical (unpaired) electrons. The van der Waals surface area contributed by atoms with Crippen LogP contribution in [0, 0.1) is 10.8 Å². The van der Waals surface area contributed by atoms with Crippen LogP contribution in [-0.4, -0.2) is 56.3 Å². The average molecular weight is 300 g/mol. The molecule has 21 heavy (non-hydrogen) atoms. The molecule has 0 aromatic rings. The van der Waals surface area contributed by atoms with Crippen LogP contribution in [0.4, 0.5) is 4.39 Å². The molecule has 1 saturated carbocycles. The molecule has 0 bridgehead atoms. The normalized spacial score (nSPS) is 51.5. The van der Waals surface area contributed by atoms with Gasteiger partial charge in [-0.05, 0) is 26.7 Å². The van der Waals surface area contributed by atoms with E-state index < -0.39 is 46.7 Å². The Kier molecular flexibility index (Phi) is 2.69. The fourth-order valence-corrected chi connectivity index (χ4v) is 4.33. The number of alkyl halides is 1. The van der Waals surface area contributed by atoms with Crippen molar-refractivity contribution >= 4 is 5.78 Å². The average Bonchev–Trinajstić information content (AvgIpc) is 3.19. The summed E-state index contributed by atoms with van der Waals surface area (Å²) >= 11 is 0. The Morgan fingerprint density at radius 1 is 1.10 bits per heavy atom. The smallest absolute Gasteiger partial charge is 0.193 e. The van der Waals surface area contributed by atoms with Gasteiger partial charge in [0.2, 0.25) is 0 Å². The Bertz CT molecular complexity index is 560. The summed E-state index contributed by atoms with van der Waals surface area (Å²) in [6.45, 7) is 3.04. The van der Waals surface area contributed by atoms with Gasteiger partial charge in [-0.3, -0.25) is 9.18 Å². The number of aliphatic hydroxyl groups excluding tert-OH is 2. The largest absolute Gasteiger partial charge is 0.388 e. The molecule has 118 valence electrons. The van der Waals surface area contributed by atoms with E-state index in [0.717, 1.165) is 0 Å². The van der Waals surface area contributed by atoms with Crippen molar-refractivity contribution in [2.45, 2.75) is 57.0 Å². The van der Waals surface area contributed by atoms with Crippen molar-refractivity contribution in [1.82, 2.24) is 0 Å². The molecule has 0 aromatic carbocycles. The molecule has 0 saturated heterocycles. The first kappa shape index (κ1) is 15.1. The molecule has 3 aliphatic carbocycles. The molecule has 1 spiro atoms. The van der Waals surface area contributed by atoms with E-state index in [1.54, 1.807) is 0 Å². The van der Waals surface area contributed by atoms with Gasteiger partial charge in [0.1, 0.15) is 12.3 Å². The summed E-state index contributed by atoms with van der Waals surface area (Å²) in [6, 6.07) is 0. The third-order valence-corrected chi connectivity index (χ3v) is 6.20. The fraction of sp³-hybridized carbons (Fsp3) is 0.800. The minimum atomic E-state index is -1.84. The van der Waals surface area contributed by atoms with E-state index in [1.165, 1.54) is 20.8 Å². The van der Waals surface area contributed by atoms with Gasteiger partial charge in [-0.1, -0.05) is 6.92 Å². The topological polar surface area (TPSA) is 98.0 Å². The molecule has 3 rings (SSSR count). The molecule has 0 heterocycles. The predicted molar refractivity (Wildman–Crippen MR) is 71.0 cm³/mol. The molecule has 5 nitrogen and oxygen atoms in total. The molecule has 6 heteroatoms. The van der Waals surface area contributed by atoms with Gasteiger partial charge in [0.15, 0.2) is 5.78 Å². The van der Waals surface area contributed by atoms with Crippen LogP contribution >= 0.6 is 0 Å². The summed E-state index contributed by atoms with van der Waals surface area (Å²) < 4.78 is 13.4. The van der Waals surface area contributed by atoms with Gasteiger partial charge in [0.05, 0.1) is 23.2 Å². The van der Waals surface area contributed by atoms with Crippen LogP contribution in [-0.2, 0) is 4.79 Å². The van der Waals surface area contributed by atoms with Crippen molar-refractivity contribution in [2.24, 2.45) is 10.8 Å². The van der Waals surface area contributed by atoms with Crippen LogP contribution in [0.2, 0.25) is 0 Å². The summed E-state index contributed by atoms with van der Waals surface area (Å²) in [7, 11) is 0. The third-order valence-electron chi connectivity index (χ3n) is 6.20. The molecular formula is C15H21FO5. The number of carbonyl (C=O) groups excluding carboxylic acids is 1. The Morgan fingerprint density at radius 3 is 2.05 bits per heavy atom. The minimum Gasteiger partial charge on any atom is -0.388 e. The van der Waals surface area contributed by atoms with E-state index in [9.17, 15) is 29.6 Å². The van der Waals surface area contributed by atoms with E-state index in [4.69, 9.17) is 0 Å². The molecule has 4 N–H and O–H groups in total. The summed E-state index contributed by atoms with van der Waals surface area (Å²) in [5, 5.41) is 42.4. The van der Waals surface area contributed by atoms with Crippen molar-refractivity contribution in [3.63, 3.8) is 0 Å². The molecule has 0 aromatic heterocycles. The summed E-state index contributed by atoms with van der Waals surface area (Å²) in [6.07, 6.45) is -2.14. The van der Waals surface area contributed by atoms with E-state index >= 15 is 0 Å². The van der Waals surface area contributed by atoms with Crippen molar-refractivity contribution in [1.29, 1.82) is 0 Å². The molecule has 0 aliphatic heterocycles. The quantitative estimate of drug-likeness (QED) is 0.540. The summed E-state index contributed by atoms with van der Waals surface area (Å²) in [5.41, 5.74) is -6.40. The molecular weight excluding hydrogens is 279 g/mol. The second kappa shape index (κ2) is 3.74. The van der Waals surface area contributed by atoms with E-state index in [1.807, 2.05) is 0 Å². The lowest BCUT2D eigenvalue weighted by Gasteiger charge is -2.48. The van der Waals surface area contributed by atoms with Crippen LogP contribution in [0.3, 0.4) is 0 Å². The Labute approximate surface area is 122 Å². The number of hydrogen-bond donors (Lipinski definition) is 4. The van der Waals surface area contributed by atoms with Gasteiger partial charge in [0.25, 0.3) is 0 Å². The van der Waals surface area contributed by atoms with Crippen LogP contribution in [0.5, 0.6) is 0 Å². The highest BCUT2D eigenvalue weighted by atomic mass is 19.1. The number of halogens is 1. The van der Waals surface area contributed by atoms with Gasteiger partial charge in [-0.25, -0.2) is 0 Å². The molecule has 5 atom stereocenters. The Morgan fingerprint density at radius 2 is 1.62 bits per heavy atom. The van der Waals surface area contributed by atoms with Crippen LogP contribution < -0.4 is 0 Å². The first-order valence-electron chi connectivity index (χ1n) is 7.15. The maximum atomic E-state index is 13.4. The van der Waals surface area contributed by atoms with Crippen LogP contribution in [0.1, 0.15) is 33.6 Å². The zero-order valence-corrected chi connectivity index (χ0v) is 12.4. The summed E-state index contributed by atoms with van der Waals surface area (Å²) in [4.78, 5) is 12.6. The second-order valence-corrected chi connectivity index (χ2v) is 7.33. The molecule has 0 amide bonds. The maximum Gasteiger partial charge on any atom is 0.193 e. The highest BCUT2D eigenvalue weighted by Gasteiger charge is 2.76. The van der Waals surface area contributed by atoms with Gasteiger partial charge in [-0.15, -0.1) is 0 Å². The standard InChI is InChI=1S/C15H21FO5/c1-12(6-16)9(17)7-8(11(12)19)13(2,20)15(4-5-15)14(3,21)10(7)18/h9,11,17,19-21H,4-6H2,1-3H3. The maximum absolute atomic E-state index is 13.4. The number of hydrogen-bond acceptors (Lipinski definition) is 5. The van der Waals surface area contributed by atoms with E-state index in [2.05, 4.69) is 0 Å². The van der Waals surface area contributed by atoms with Crippen molar-refractivity contribution < 1.29 is 29.6 Å². The van der Waals surface area contributed by atoms with E-state index in [0.29, 0.717) is 12.8 Å². The van der Waals surface area contributed by atoms with Crippen LogP contribution in [0.15, 0.2) is 11.1 Å². The van der Waals surface area contributed by atoms with Gasteiger partial charge >= 0.3 is 0 Å². The van der Waals surface area contributed by atoms with Gasteiger partial charge in [0, 0.05) is 16.6 Å². The first-order chi connectivity index (χ1) is 9.49. The zero-order valence-electron chi connectivity index (χ0n) is 12.4. The highest BCUT2D eigenvalue weighted by Crippen LogP contribution is 2.69. The fourth-order valence-electron chi connectivity index (χ4n) is 4.33. The molecule has 5 unspecified atom stereocenters. The third kappa shape index (κ3) is 1.33. The first-order valence-corrected chi connectivity index (χ1v) is 7.15. The Hall–Kier alpha value is -0.820. The monoisotopic (exact) mass is 300 g/mol. The van der Waals surface area contributed by atoms with Crippen molar-refractivity contribution in [3.8, 4) is 0 Å². The van der Waals surface area contributed by atoms with E-state index in [-0.39, 0.29) is 11.1 Å². The minimum absolute atomic E-state index is 0.0239. The predicted octanol–water partition coefficient (Wildman–Crippen LogP) is -0.141. The van der Waals surface area contributed by atoms with Crippen molar-refractivity contribution in [2.75, 3.05) is 6.67 Å². The van der Waals surface area contributed by atoms with Crippen molar-refractivity contribution in [3.05, 3.63) is 11.1 Å². The number of rotatable bonds is 1. The number of aliphatic hydroxyl groups is 4. The lowest BCUT2D eigenvalue weighted by atomic mass is 9.61. The van der Waals surface area contributed by atoms with Crippen LogP contribution in [0.25, 0.3) is 0 Å². The number of carbonyl (C=O) groups is 1. The summed E-state index contributed by atoms with van der Waals surface area (Å²) in [5.74, 6) is -0.717. The highest BCUT2D eigenvalue weighted by molar-refractivity contribution is 6.06. The molecule has 1 fully saturated rings. The molecule has 3 aliphatic rings. The van der Waals surface area contributed by atoms with Gasteiger partial charge in [-0.2, -0.15) is 0 Å². The second-order valence-electron chi connectivity index (χ2n) is 7.33. The van der Waals surface area contributed by atoms with Gasteiger partial charge < -0.3 is 20.4 Å². The lowest BCUT2D eigenvalue weighted by molar-refractivity contribution is -0.160. The SMILES string of the molecule is CC1(CF)C(O)C2=C(C1O)C(C)(O)C1(CC1)C(C)(O)C2=O. The number of Topliss-reactive ketones (excluding diaryl/α,β-unsaturated/α-hetero) is 1. The lowest BCUT2D eigenvalue weighted by Crippen LogP contribution is -2.61. The Balaban J connectivity index is 2.26. The number of ketones is 1.